The molecule has 0 saturated heterocycles. The van der Waals surface area contributed by atoms with Gasteiger partial charge in [0.2, 0.25) is 0 Å². The van der Waals surface area contributed by atoms with Crippen LogP contribution in [-0.4, -0.2) is 11.4 Å². The topological polar surface area (TPSA) is 61.1 Å². The van der Waals surface area contributed by atoms with E-state index < -0.39 is 0 Å². The van der Waals surface area contributed by atoms with E-state index in [1.165, 1.54) is 6.07 Å². The second-order valence-electron chi connectivity index (χ2n) is 1.68. The predicted octanol–water partition coefficient (Wildman–Crippen LogP) is 1.50. The predicted molar refractivity (Wildman–Crippen MR) is 36.2 cm³/mol. The van der Waals surface area contributed by atoms with Gasteiger partial charge in [0.15, 0.2) is 6.29 Å². The molecule has 4 heteroatoms. The summed E-state index contributed by atoms with van der Waals surface area (Å²) >= 11 is 3.12. The number of phenolic OH excluding ortho intramolecular Hbond substituents is 1. The van der Waals surface area contributed by atoms with E-state index in [0.717, 1.165) is 0 Å². The molecular formula is C7H7NNiO2. The summed E-state index contributed by atoms with van der Waals surface area (Å²) in [5.74, 6) is 0.0347. The van der Waals surface area contributed by atoms with Crippen LogP contribution in [0.3, 0.4) is 0 Å². The van der Waals surface area contributed by atoms with Crippen LogP contribution in [0, 0.1) is 4.45 Å². The molecule has 0 bridgehead atoms. The Labute approximate surface area is 72.0 Å². The van der Waals surface area contributed by atoms with Crippen molar-refractivity contribution in [2.45, 2.75) is 0 Å². The molecule has 0 unspecified atom stereocenters. The van der Waals surface area contributed by atoms with Gasteiger partial charge in [-0.05, 0) is 12.1 Å². The Morgan fingerprint density at radius 1 is 1.36 bits per heavy atom. The number of hydrogen-bond acceptors (Lipinski definition) is 3. The Balaban J connectivity index is 0.000000461. The van der Waals surface area contributed by atoms with Crippen molar-refractivity contribution in [3.63, 3.8) is 0 Å². The van der Waals surface area contributed by atoms with Crippen molar-refractivity contribution in [3.05, 3.63) is 29.8 Å². The van der Waals surface area contributed by atoms with Gasteiger partial charge in [0.05, 0.1) is 5.56 Å². The quantitative estimate of drug-likeness (QED) is 0.527. The Hall–Kier alpha value is -1.02. The molecule has 0 amide bonds. The van der Waals surface area contributed by atoms with Crippen LogP contribution >= 0.6 is 0 Å². The van der Waals surface area contributed by atoms with Crippen LogP contribution < -0.4 is 0 Å². The van der Waals surface area contributed by atoms with Gasteiger partial charge in [-0.1, -0.05) is 12.1 Å². The number of carbonyl (C=O) groups excluding carboxylic acids is 1. The molecule has 3 nitrogen and oxygen atoms in total. The summed E-state index contributed by atoms with van der Waals surface area (Å²) in [7, 11) is 0. The summed E-state index contributed by atoms with van der Waals surface area (Å²) in [6.07, 6.45) is 0.620. The maximum atomic E-state index is 10.1. The summed E-state index contributed by atoms with van der Waals surface area (Å²) in [4.78, 5) is 10.1. The van der Waals surface area contributed by atoms with E-state index in [2.05, 4.69) is 15.3 Å². The van der Waals surface area contributed by atoms with E-state index >= 15 is 0 Å². The van der Waals surface area contributed by atoms with Crippen molar-refractivity contribution < 1.29 is 25.2 Å². The summed E-state index contributed by atoms with van der Waals surface area (Å²) in [6, 6.07) is 6.40. The molecule has 0 aliphatic heterocycles. The van der Waals surface area contributed by atoms with Gasteiger partial charge in [-0.2, -0.15) is 0 Å². The molecule has 0 saturated carbocycles. The minimum atomic E-state index is 0.0347. The number of aldehydes is 1. The van der Waals surface area contributed by atoms with Gasteiger partial charge in [-0.15, -0.1) is 0 Å². The van der Waals surface area contributed by atoms with Gasteiger partial charge in [0.25, 0.3) is 0 Å². The first kappa shape index (κ1) is 9.98. The van der Waals surface area contributed by atoms with Crippen LogP contribution in [-0.2, 0) is 15.3 Å². The van der Waals surface area contributed by atoms with Crippen LogP contribution in [0.4, 0.5) is 0 Å². The second kappa shape index (κ2) is 5.74. The van der Waals surface area contributed by atoms with Gasteiger partial charge >= 0.3 is 19.7 Å². The molecule has 0 spiro atoms. The number of benzene rings is 1. The van der Waals surface area contributed by atoms with E-state index in [4.69, 9.17) is 9.55 Å². The minimum absolute atomic E-state index is 0.0347. The molecule has 0 aromatic heterocycles. The third-order valence-electron chi connectivity index (χ3n) is 1.06. The summed E-state index contributed by atoms with van der Waals surface area (Å²) in [5, 5.41) is 8.88. The number of aromatic hydroxyl groups is 1. The molecule has 11 heavy (non-hydrogen) atoms. The van der Waals surface area contributed by atoms with Gasteiger partial charge in [0, 0.05) is 0 Å². The molecule has 1 rings (SSSR count). The molecular weight excluding hydrogens is 189 g/mol. The SMILES string of the molecule is O=Cc1ccccc1O.[NH]=[Ni]. The van der Waals surface area contributed by atoms with E-state index in [0.29, 0.717) is 11.8 Å². The number of para-hydroxylation sites is 1. The van der Waals surface area contributed by atoms with E-state index in [-0.39, 0.29) is 5.75 Å². The number of phenols is 1. The molecule has 1 aromatic carbocycles. The molecule has 2 N–H and O–H groups in total. The van der Waals surface area contributed by atoms with Gasteiger partial charge < -0.3 is 5.11 Å². The Kier molecular flexibility index (Phi) is 5.21. The fraction of sp³-hybridized carbons (Fsp3) is 0. The summed E-state index contributed by atoms with van der Waals surface area (Å²) in [5.41, 5.74) is 0.331. The molecule has 0 aliphatic carbocycles. The first-order valence-electron chi connectivity index (χ1n) is 2.73. The van der Waals surface area contributed by atoms with Crippen LogP contribution in [0.15, 0.2) is 24.3 Å². The third-order valence-corrected chi connectivity index (χ3v) is 1.06. The fourth-order valence-corrected chi connectivity index (χ4v) is 0.587. The number of carbonyl (C=O) groups is 1. The van der Waals surface area contributed by atoms with Crippen molar-refractivity contribution in [2.24, 2.45) is 0 Å². The average Bonchev–Trinajstić information content (AvgIpc) is 2.09. The molecule has 62 valence electrons. The normalized spacial score (nSPS) is 7.82. The van der Waals surface area contributed by atoms with Crippen molar-refractivity contribution in [1.29, 1.82) is 4.45 Å². The number of rotatable bonds is 1. The van der Waals surface area contributed by atoms with Crippen LogP contribution in [0.25, 0.3) is 0 Å². The molecule has 0 radical (unpaired) electrons. The van der Waals surface area contributed by atoms with Crippen molar-refractivity contribution >= 4 is 6.29 Å². The van der Waals surface area contributed by atoms with Crippen molar-refractivity contribution in [3.8, 4) is 5.75 Å². The molecule has 0 fully saturated rings. The average molecular weight is 196 g/mol. The standard InChI is InChI=1S/C7H6O2.HN.Ni/c8-5-6-3-1-2-4-7(6)9;;/h1-5,9H;1H;. The summed E-state index contributed by atoms with van der Waals surface area (Å²) in [6.45, 7) is 0. The van der Waals surface area contributed by atoms with Gasteiger partial charge in [-0.3, -0.25) is 4.79 Å². The summed E-state index contributed by atoms with van der Waals surface area (Å²) < 4.78 is 5.38. The van der Waals surface area contributed by atoms with Gasteiger partial charge in [0.1, 0.15) is 5.75 Å². The molecule has 0 atom stereocenters. The first-order valence-corrected chi connectivity index (χ1v) is 3.23. The zero-order valence-corrected chi connectivity index (χ0v) is 6.55. The van der Waals surface area contributed by atoms with Crippen LogP contribution in [0.2, 0.25) is 0 Å². The molecule has 1 aromatic rings. The number of nitrogens with one attached hydrogen (secondary N) is 1. The van der Waals surface area contributed by atoms with E-state index in [1.807, 2.05) is 0 Å². The van der Waals surface area contributed by atoms with Crippen LogP contribution in [0.1, 0.15) is 10.4 Å². The van der Waals surface area contributed by atoms with Crippen molar-refractivity contribution in [2.75, 3.05) is 0 Å². The Bertz CT molecular complexity index is 240. The number of hydrogen-bond donors (Lipinski definition) is 2. The zero-order valence-electron chi connectivity index (χ0n) is 5.56. The van der Waals surface area contributed by atoms with E-state index in [9.17, 15) is 4.79 Å². The monoisotopic (exact) mass is 195 g/mol. The zero-order chi connectivity index (χ0) is 8.69. The van der Waals surface area contributed by atoms with Crippen molar-refractivity contribution in [1.82, 2.24) is 0 Å². The van der Waals surface area contributed by atoms with Crippen LogP contribution in [0.5, 0.6) is 5.75 Å². The first-order chi connectivity index (χ1) is 5.34. The Morgan fingerprint density at radius 2 is 1.91 bits per heavy atom. The third kappa shape index (κ3) is 3.05. The Morgan fingerprint density at radius 3 is 2.27 bits per heavy atom. The fourth-order valence-electron chi connectivity index (χ4n) is 0.587. The van der Waals surface area contributed by atoms with E-state index in [1.54, 1.807) is 18.2 Å². The maximum absolute atomic E-state index is 10.1. The molecule has 0 heterocycles. The van der Waals surface area contributed by atoms with Gasteiger partial charge in [-0.25, -0.2) is 0 Å². The molecule has 0 aliphatic rings. The second-order valence-corrected chi connectivity index (χ2v) is 1.68.